The lowest BCUT2D eigenvalue weighted by Crippen LogP contribution is -2.31. The number of aliphatic carboxylic acids is 1. The van der Waals surface area contributed by atoms with Gasteiger partial charge in [-0.2, -0.15) is 0 Å². The highest BCUT2D eigenvalue weighted by Gasteiger charge is 2.12. The Labute approximate surface area is 211 Å². The van der Waals surface area contributed by atoms with E-state index in [-0.39, 0.29) is 12.2 Å². The minimum atomic E-state index is -1.13. The summed E-state index contributed by atoms with van der Waals surface area (Å²) in [7, 11) is 0. The molecule has 0 radical (unpaired) electrons. The zero-order valence-electron chi connectivity index (χ0n) is 20.2. The van der Waals surface area contributed by atoms with Gasteiger partial charge in [0.15, 0.2) is 0 Å². The Morgan fingerprint density at radius 3 is 1.57 bits per heavy atom. The topological polar surface area (TPSA) is 144 Å². The van der Waals surface area contributed by atoms with Gasteiger partial charge in [-0.3, -0.25) is 9.59 Å². The molecular formula is C29H27N5O3. The standard InChI is InChI=1S/C24H18N4.C5H9NO3/c1-2-4-22-21(3-1)23-13-19-9-7-17(26-19)11-15-5-6-16(25-15)12-18-8-10-20(27-18)14-24(22)28-23;1-3(7)2-4(6)5(8)9/h1-14,25-28H;4H,2,6H2,1H3,(H,8,9). The first-order chi connectivity index (χ1) is 17.8. The van der Waals surface area contributed by atoms with E-state index in [2.05, 4.69) is 105 Å². The quantitative estimate of drug-likeness (QED) is 0.220. The number of ketones is 1. The summed E-state index contributed by atoms with van der Waals surface area (Å²) in [4.78, 5) is 34.2. The molecule has 8 bridgehead atoms. The number of carbonyl (C=O) groups excluding carboxylic acids is 1. The average Bonchev–Trinajstić information content (AvgIpc) is 3.65. The van der Waals surface area contributed by atoms with Crippen LogP contribution in [0.25, 0.3) is 35.1 Å². The van der Waals surface area contributed by atoms with Crippen molar-refractivity contribution in [3.8, 4) is 0 Å². The fourth-order valence-electron chi connectivity index (χ4n) is 4.30. The van der Waals surface area contributed by atoms with Gasteiger partial charge in [0.1, 0.15) is 11.8 Å². The number of carbonyl (C=O) groups is 2. The van der Waals surface area contributed by atoms with Crippen molar-refractivity contribution in [1.29, 1.82) is 0 Å². The molecule has 0 aliphatic carbocycles. The van der Waals surface area contributed by atoms with Gasteiger partial charge >= 0.3 is 5.97 Å². The number of rotatable bonds is 3. The molecule has 0 spiro atoms. The Hall–Kier alpha value is -4.82. The Kier molecular flexibility index (Phi) is 6.49. The van der Waals surface area contributed by atoms with Gasteiger partial charge in [0.2, 0.25) is 0 Å². The molecule has 6 rings (SSSR count). The molecule has 1 aliphatic heterocycles. The van der Waals surface area contributed by atoms with Crippen molar-refractivity contribution in [1.82, 2.24) is 19.9 Å². The minimum absolute atomic E-state index is 0.0880. The number of nitrogens with one attached hydrogen (secondary N) is 4. The molecule has 1 aliphatic rings. The lowest BCUT2D eigenvalue weighted by atomic mass is 10.2. The van der Waals surface area contributed by atoms with Crippen LogP contribution in [0, 0.1) is 0 Å². The number of aromatic amines is 4. The van der Waals surface area contributed by atoms with E-state index in [0.717, 1.165) is 44.2 Å². The predicted octanol–water partition coefficient (Wildman–Crippen LogP) is 1.16. The minimum Gasteiger partial charge on any atom is -0.480 e. The first-order valence-electron chi connectivity index (χ1n) is 11.9. The fraction of sp³-hybridized carbons (Fsp3) is 0.103. The number of H-pyrrole nitrogens is 4. The number of hydrogen-bond acceptors (Lipinski definition) is 3. The molecule has 1 atom stereocenters. The molecule has 8 heteroatoms. The first kappa shape index (κ1) is 23.9. The van der Waals surface area contributed by atoms with Crippen molar-refractivity contribution in [2.24, 2.45) is 5.73 Å². The molecule has 1 unspecified atom stereocenters. The molecule has 0 saturated carbocycles. The highest BCUT2D eigenvalue weighted by molar-refractivity contribution is 5.86. The zero-order valence-corrected chi connectivity index (χ0v) is 20.2. The molecule has 37 heavy (non-hydrogen) atoms. The van der Waals surface area contributed by atoms with E-state index in [1.807, 2.05) is 0 Å². The second-order valence-corrected chi connectivity index (χ2v) is 9.03. The largest absolute Gasteiger partial charge is 0.480 e. The fourth-order valence-corrected chi connectivity index (χ4v) is 4.30. The smallest absolute Gasteiger partial charge is 0.320 e. The molecule has 0 amide bonds. The molecule has 186 valence electrons. The summed E-state index contributed by atoms with van der Waals surface area (Å²) in [5.74, 6) is -1.34. The maximum Gasteiger partial charge on any atom is 0.320 e. The summed E-state index contributed by atoms with van der Waals surface area (Å²) in [6.45, 7) is 1.31. The number of fused-ring (bicyclic) bond motifs is 11. The molecule has 8 nitrogen and oxygen atoms in total. The van der Waals surface area contributed by atoms with Crippen molar-refractivity contribution in [3.63, 3.8) is 0 Å². The van der Waals surface area contributed by atoms with Gasteiger partial charge in [0.25, 0.3) is 0 Å². The highest BCUT2D eigenvalue weighted by Crippen LogP contribution is 2.09. The molecule has 4 aromatic heterocycles. The number of Topliss-reactive ketones (excluding diaryl/α,β-unsaturated/α-hetero) is 1. The number of hydrogen-bond donors (Lipinski definition) is 6. The van der Waals surface area contributed by atoms with E-state index in [1.165, 1.54) is 17.7 Å². The number of benzene rings is 1. The predicted molar refractivity (Wildman–Crippen MR) is 144 cm³/mol. The summed E-state index contributed by atoms with van der Waals surface area (Å²) < 4.78 is 0. The molecule has 0 fully saturated rings. The zero-order chi connectivity index (χ0) is 25.9. The van der Waals surface area contributed by atoms with E-state index < -0.39 is 12.0 Å². The van der Waals surface area contributed by atoms with E-state index in [1.54, 1.807) is 0 Å². The third-order valence-corrected chi connectivity index (χ3v) is 6.02. The van der Waals surface area contributed by atoms with Crippen molar-refractivity contribution >= 4 is 46.8 Å². The van der Waals surface area contributed by atoms with E-state index in [9.17, 15) is 9.59 Å². The number of carboxylic acids is 1. The Balaban J connectivity index is 0.000000270. The van der Waals surface area contributed by atoms with Crippen LogP contribution in [-0.2, 0) is 9.59 Å². The number of nitrogens with two attached hydrogens (primary N) is 1. The summed E-state index contributed by atoms with van der Waals surface area (Å²) in [6.07, 6.45) is 8.47. The normalized spacial score (nSPS) is 12.7. The van der Waals surface area contributed by atoms with Gasteiger partial charge in [-0.25, -0.2) is 0 Å². The third-order valence-electron chi connectivity index (χ3n) is 6.02. The average molecular weight is 494 g/mol. The van der Waals surface area contributed by atoms with Crippen molar-refractivity contribution in [2.45, 2.75) is 19.4 Å². The lowest BCUT2D eigenvalue weighted by Gasteiger charge is -2.00. The van der Waals surface area contributed by atoms with Gasteiger partial charge in [0.05, 0.1) is 0 Å². The van der Waals surface area contributed by atoms with E-state index >= 15 is 0 Å². The monoisotopic (exact) mass is 493 g/mol. The summed E-state index contributed by atoms with van der Waals surface area (Å²) in [6, 6.07) is 20.0. The number of carboxylic acid groups (broad SMARTS) is 1. The number of aromatic nitrogens is 4. The highest BCUT2D eigenvalue weighted by atomic mass is 16.4. The van der Waals surface area contributed by atoms with Gasteiger partial charge in [-0.15, -0.1) is 0 Å². The van der Waals surface area contributed by atoms with Crippen LogP contribution in [0.15, 0.2) is 60.7 Å². The second-order valence-electron chi connectivity index (χ2n) is 9.03. The maximum atomic E-state index is 10.2. The summed E-state index contributed by atoms with van der Waals surface area (Å²) >= 11 is 0. The van der Waals surface area contributed by atoms with Crippen LogP contribution >= 0.6 is 0 Å². The van der Waals surface area contributed by atoms with Crippen LogP contribution in [0.1, 0.15) is 36.1 Å². The van der Waals surface area contributed by atoms with E-state index in [0.29, 0.717) is 0 Å². The first-order valence-corrected chi connectivity index (χ1v) is 11.9. The molecule has 0 saturated heterocycles. The van der Waals surface area contributed by atoms with Gasteiger partial charge in [0, 0.05) is 61.4 Å². The third kappa shape index (κ3) is 5.55. The molecule has 7 N–H and O–H groups in total. The van der Waals surface area contributed by atoms with Crippen LogP contribution < -0.4 is 27.1 Å². The van der Waals surface area contributed by atoms with Gasteiger partial charge < -0.3 is 30.8 Å². The summed E-state index contributed by atoms with van der Waals surface area (Å²) in [5, 5.41) is 14.9. The molecular weight excluding hydrogens is 466 g/mol. The van der Waals surface area contributed by atoms with Crippen LogP contribution in [0.3, 0.4) is 0 Å². The van der Waals surface area contributed by atoms with Gasteiger partial charge in [-0.05, 0) is 67.6 Å². The van der Waals surface area contributed by atoms with Gasteiger partial charge in [-0.1, -0.05) is 24.3 Å². The molecule has 1 aromatic carbocycles. The van der Waals surface area contributed by atoms with Crippen LogP contribution in [0.2, 0.25) is 0 Å². The molecule has 5 aromatic rings. The van der Waals surface area contributed by atoms with Crippen molar-refractivity contribution < 1.29 is 14.7 Å². The summed E-state index contributed by atoms with van der Waals surface area (Å²) in [5.41, 5.74) is 9.26. The van der Waals surface area contributed by atoms with Crippen molar-refractivity contribution in [2.75, 3.05) is 0 Å². The maximum absolute atomic E-state index is 10.2. The molecule has 5 heterocycles. The SMILES string of the molecule is C1=c2ccc([nH]2)=Cc2ccc([nH]2)C=c2[nH]c(c3ccccc23)=Cc2ccc1[nH]2.CC(=O)CC(N)C(=O)O. The van der Waals surface area contributed by atoms with E-state index in [4.69, 9.17) is 10.8 Å². The van der Waals surface area contributed by atoms with Crippen LogP contribution in [0.5, 0.6) is 0 Å². The van der Waals surface area contributed by atoms with Crippen molar-refractivity contribution in [3.05, 3.63) is 105 Å². The second kappa shape index (κ2) is 10.0. The Morgan fingerprint density at radius 2 is 1.16 bits per heavy atom. The van der Waals surface area contributed by atoms with Crippen LogP contribution in [-0.4, -0.2) is 42.8 Å². The van der Waals surface area contributed by atoms with Crippen LogP contribution in [0.4, 0.5) is 0 Å². The lowest BCUT2D eigenvalue weighted by molar-refractivity contribution is -0.140. The Morgan fingerprint density at radius 1 is 0.703 bits per heavy atom. The Bertz CT molecular complexity index is 1730.